The molecule has 0 aliphatic carbocycles. The van der Waals surface area contributed by atoms with Gasteiger partial charge in [-0.3, -0.25) is 14.9 Å². The van der Waals surface area contributed by atoms with Crippen molar-refractivity contribution in [2.45, 2.75) is 20.0 Å². The summed E-state index contributed by atoms with van der Waals surface area (Å²) in [6.07, 6.45) is 3.08. The Morgan fingerprint density at radius 2 is 2.14 bits per heavy atom. The van der Waals surface area contributed by atoms with E-state index >= 15 is 0 Å². The summed E-state index contributed by atoms with van der Waals surface area (Å²) < 4.78 is 5.91. The number of hydrogen-bond acceptors (Lipinski definition) is 6. The zero-order chi connectivity index (χ0) is 20.1. The van der Waals surface area contributed by atoms with Crippen molar-refractivity contribution in [3.63, 3.8) is 0 Å². The van der Waals surface area contributed by atoms with Gasteiger partial charge < -0.3 is 15.8 Å². The molecule has 0 atom stereocenters. The van der Waals surface area contributed by atoms with Gasteiger partial charge in [0.1, 0.15) is 11.4 Å². The van der Waals surface area contributed by atoms with E-state index < -0.39 is 5.91 Å². The lowest BCUT2D eigenvalue weighted by Crippen LogP contribution is -2.16. The van der Waals surface area contributed by atoms with Gasteiger partial charge >= 0.3 is 0 Å². The van der Waals surface area contributed by atoms with Crippen LogP contribution in [0.25, 0.3) is 0 Å². The molecule has 2 aromatic heterocycles. The maximum absolute atomic E-state index is 11.2. The van der Waals surface area contributed by atoms with Crippen molar-refractivity contribution >= 4 is 17.5 Å². The van der Waals surface area contributed by atoms with E-state index in [-0.39, 0.29) is 0 Å². The molecule has 142 valence electrons. The minimum atomic E-state index is -0.521. The van der Waals surface area contributed by atoms with Gasteiger partial charge in [-0.05, 0) is 36.8 Å². The van der Waals surface area contributed by atoms with Gasteiger partial charge in [0.05, 0.1) is 22.9 Å². The summed E-state index contributed by atoms with van der Waals surface area (Å²) >= 11 is 6.03. The molecule has 0 aliphatic heterocycles. The van der Waals surface area contributed by atoms with E-state index in [0.717, 1.165) is 11.3 Å². The summed E-state index contributed by atoms with van der Waals surface area (Å²) in [7, 11) is 0. The first kappa shape index (κ1) is 19.4. The first-order valence-corrected chi connectivity index (χ1v) is 8.71. The number of aromatic nitrogens is 3. The number of primary amides is 1. The fourth-order valence-electron chi connectivity index (χ4n) is 2.58. The monoisotopic (exact) mass is 396 g/mol. The molecule has 3 aromatic rings. The second kappa shape index (κ2) is 8.52. The van der Waals surface area contributed by atoms with E-state index in [4.69, 9.17) is 27.3 Å². The molecular formula is C19H17ClN6O2. The number of aromatic amines is 1. The summed E-state index contributed by atoms with van der Waals surface area (Å²) in [4.78, 5) is 15.3. The Balaban J connectivity index is 1.70. The van der Waals surface area contributed by atoms with Gasteiger partial charge in [-0.25, -0.2) is 0 Å². The van der Waals surface area contributed by atoms with Crippen LogP contribution in [0.4, 0.5) is 0 Å². The fraction of sp³-hybridized carbons (Fsp3) is 0.158. The van der Waals surface area contributed by atoms with Crippen LogP contribution in [-0.4, -0.2) is 21.1 Å². The van der Waals surface area contributed by atoms with Gasteiger partial charge in [-0.1, -0.05) is 11.6 Å². The Hall–Kier alpha value is -3.41. The largest absolute Gasteiger partial charge is 0.453 e. The van der Waals surface area contributed by atoms with Crippen molar-refractivity contribution in [1.82, 2.24) is 20.5 Å². The minimum absolute atomic E-state index is 0.356. The van der Waals surface area contributed by atoms with Gasteiger partial charge in [0.25, 0.3) is 0 Å². The van der Waals surface area contributed by atoms with Crippen LogP contribution in [0.3, 0.4) is 0 Å². The highest BCUT2D eigenvalue weighted by atomic mass is 35.5. The summed E-state index contributed by atoms with van der Waals surface area (Å²) in [5.41, 5.74) is 8.26. The van der Waals surface area contributed by atoms with Crippen LogP contribution >= 0.6 is 11.6 Å². The third-order valence-corrected chi connectivity index (χ3v) is 4.11. The van der Waals surface area contributed by atoms with Crippen molar-refractivity contribution in [2.24, 2.45) is 5.73 Å². The number of halogens is 1. The first-order chi connectivity index (χ1) is 13.5. The molecule has 28 heavy (non-hydrogen) atoms. The lowest BCUT2D eigenvalue weighted by atomic mass is 10.2. The SMILES string of the molecule is Cc1n[nH]c(CNCc2cncc(C(N)=O)c2)c1Oc1cc(Cl)cc(C#N)c1. The molecule has 0 saturated carbocycles. The van der Waals surface area contributed by atoms with Gasteiger partial charge in [-0.15, -0.1) is 0 Å². The number of nitrogens with two attached hydrogens (primary N) is 1. The second-order valence-electron chi connectivity index (χ2n) is 6.06. The maximum Gasteiger partial charge on any atom is 0.250 e. The van der Waals surface area contributed by atoms with Crippen LogP contribution in [0.5, 0.6) is 11.5 Å². The van der Waals surface area contributed by atoms with Crippen LogP contribution in [-0.2, 0) is 13.1 Å². The predicted molar refractivity (Wildman–Crippen MR) is 103 cm³/mol. The molecule has 1 amide bonds. The molecule has 0 saturated heterocycles. The van der Waals surface area contributed by atoms with Crippen molar-refractivity contribution in [2.75, 3.05) is 0 Å². The quantitative estimate of drug-likeness (QED) is 0.563. The number of aryl methyl sites for hydroxylation is 1. The Bertz CT molecular complexity index is 1060. The van der Waals surface area contributed by atoms with E-state index in [1.54, 1.807) is 30.5 Å². The third kappa shape index (κ3) is 4.65. The Labute approximate surface area is 166 Å². The smallest absolute Gasteiger partial charge is 0.250 e. The number of nitriles is 1. The molecule has 0 aliphatic rings. The summed E-state index contributed by atoms with van der Waals surface area (Å²) in [6.45, 7) is 2.72. The summed E-state index contributed by atoms with van der Waals surface area (Å²) in [5, 5.41) is 19.8. The number of carbonyl (C=O) groups is 1. The van der Waals surface area contributed by atoms with Gasteiger partial charge in [0.2, 0.25) is 5.91 Å². The molecule has 0 bridgehead atoms. The zero-order valence-corrected chi connectivity index (χ0v) is 15.7. The Kier molecular flexibility index (Phi) is 5.89. The lowest BCUT2D eigenvalue weighted by molar-refractivity contribution is 0.1000. The number of amides is 1. The number of benzene rings is 1. The number of hydrogen-bond donors (Lipinski definition) is 3. The highest BCUT2D eigenvalue weighted by Gasteiger charge is 2.13. The minimum Gasteiger partial charge on any atom is -0.453 e. The summed E-state index contributed by atoms with van der Waals surface area (Å²) in [6, 6.07) is 8.53. The van der Waals surface area contributed by atoms with Crippen molar-refractivity contribution < 1.29 is 9.53 Å². The molecule has 0 spiro atoms. The first-order valence-electron chi connectivity index (χ1n) is 8.33. The van der Waals surface area contributed by atoms with Gasteiger partial charge in [-0.2, -0.15) is 10.4 Å². The van der Waals surface area contributed by atoms with Crippen LogP contribution < -0.4 is 15.8 Å². The number of rotatable bonds is 7. The molecule has 0 fully saturated rings. The average molecular weight is 397 g/mol. The standard InChI is InChI=1S/C19H17ClN6O2/c1-11-18(28-16-4-12(6-21)3-15(20)5-16)17(26-25-11)10-24-8-13-2-14(19(22)27)9-23-7-13/h2-5,7,9,24H,8,10H2,1H3,(H2,22,27)(H,25,26). The molecule has 9 heteroatoms. The number of pyridine rings is 1. The van der Waals surface area contributed by atoms with Crippen LogP contribution in [0.1, 0.15) is 32.9 Å². The number of H-pyrrole nitrogens is 1. The number of ether oxygens (including phenoxy) is 1. The van der Waals surface area contributed by atoms with Crippen LogP contribution in [0.2, 0.25) is 5.02 Å². The molecule has 2 heterocycles. The zero-order valence-electron chi connectivity index (χ0n) is 15.0. The third-order valence-electron chi connectivity index (χ3n) is 3.89. The Morgan fingerprint density at radius 3 is 2.89 bits per heavy atom. The van der Waals surface area contributed by atoms with E-state index in [2.05, 4.69) is 20.5 Å². The van der Waals surface area contributed by atoms with E-state index in [9.17, 15) is 4.79 Å². The number of nitrogens with zero attached hydrogens (tertiary/aromatic N) is 3. The molecule has 1 aromatic carbocycles. The molecule has 0 radical (unpaired) electrons. The number of nitrogens with one attached hydrogen (secondary N) is 2. The molecular weight excluding hydrogens is 380 g/mol. The van der Waals surface area contributed by atoms with E-state index in [1.165, 1.54) is 6.20 Å². The summed E-state index contributed by atoms with van der Waals surface area (Å²) in [5.74, 6) is 0.489. The molecule has 8 nitrogen and oxygen atoms in total. The molecule has 4 N–H and O–H groups in total. The van der Waals surface area contributed by atoms with Crippen molar-refractivity contribution in [1.29, 1.82) is 5.26 Å². The van der Waals surface area contributed by atoms with Crippen molar-refractivity contribution in [3.8, 4) is 17.6 Å². The van der Waals surface area contributed by atoms with E-state index in [0.29, 0.717) is 46.4 Å². The second-order valence-corrected chi connectivity index (χ2v) is 6.49. The highest BCUT2D eigenvalue weighted by molar-refractivity contribution is 6.30. The highest BCUT2D eigenvalue weighted by Crippen LogP contribution is 2.30. The Morgan fingerprint density at radius 1 is 1.32 bits per heavy atom. The lowest BCUT2D eigenvalue weighted by Gasteiger charge is -2.09. The van der Waals surface area contributed by atoms with Crippen molar-refractivity contribution in [3.05, 3.63) is 69.8 Å². The van der Waals surface area contributed by atoms with Crippen LogP contribution in [0, 0.1) is 18.3 Å². The normalized spacial score (nSPS) is 10.5. The maximum atomic E-state index is 11.2. The predicted octanol–water partition coefficient (Wildman–Crippen LogP) is 2.82. The number of carbonyl (C=O) groups excluding carboxylic acids is 1. The van der Waals surface area contributed by atoms with E-state index in [1.807, 2.05) is 13.0 Å². The van der Waals surface area contributed by atoms with Gasteiger partial charge in [0, 0.05) is 30.5 Å². The fourth-order valence-corrected chi connectivity index (χ4v) is 2.81. The average Bonchev–Trinajstić information content (AvgIpc) is 3.01. The molecule has 0 unspecified atom stereocenters. The van der Waals surface area contributed by atoms with Crippen LogP contribution in [0.15, 0.2) is 36.7 Å². The van der Waals surface area contributed by atoms with Gasteiger partial charge in [0.15, 0.2) is 5.75 Å². The topological polar surface area (TPSA) is 130 Å². The molecule has 3 rings (SSSR count).